The highest BCUT2D eigenvalue weighted by Crippen LogP contribution is 2.10. The molecule has 1 amide bonds. The number of rotatable bonds is 4. The fourth-order valence-electron chi connectivity index (χ4n) is 1.55. The third-order valence-corrected chi connectivity index (χ3v) is 2.44. The van der Waals surface area contributed by atoms with E-state index >= 15 is 0 Å². The number of nitrogens with zero attached hydrogens (tertiary/aromatic N) is 3. The molecule has 2 N–H and O–H groups in total. The molecule has 18 heavy (non-hydrogen) atoms. The maximum atomic E-state index is 12.0. The molecule has 6 nitrogen and oxygen atoms in total. The van der Waals surface area contributed by atoms with Crippen LogP contribution in [0.15, 0.2) is 30.6 Å². The summed E-state index contributed by atoms with van der Waals surface area (Å²) in [5.74, 6) is 0.383. The predicted octanol–water partition coefficient (Wildman–Crippen LogP) is 1.50. The van der Waals surface area contributed by atoms with Crippen LogP contribution in [0.25, 0.3) is 0 Å². The number of pyridine rings is 1. The summed E-state index contributed by atoms with van der Waals surface area (Å²) < 4.78 is 1.59. The Bertz CT molecular complexity index is 549. The molecule has 2 aromatic rings. The Morgan fingerprint density at radius 3 is 2.89 bits per heavy atom. The molecule has 0 aliphatic rings. The van der Waals surface area contributed by atoms with Crippen LogP contribution >= 0.6 is 0 Å². The molecule has 0 radical (unpaired) electrons. The summed E-state index contributed by atoms with van der Waals surface area (Å²) in [5, 5.41) is 9.86. The first kappa shape index (κ1) is 12.1. The topological polar surface area (TPSA) is 71.8 Å². The highest BCUT2D eigenvalue weighted by molar-refractivity contribution is 6.02. The minimum atomic E-state index is -0.252. The van der Waals surface area contributed by atoms with Gasteiger partial charge in [-0.1, -0.05) is 0 Å². The first-order chi connectivity index (χ1) is 8.70. The first-order valence-electron chi connectivity index (χ1n) is 5.70. The standard InChI is InChI=1S/C12H15N5O/c1-3-13-9-4-6-14-10(8-9)12(18)16-11-5-7-15-17(11)2/h4-8H,3H2,1-2H3,(H,13,14)(H,16,18). The van der Waals surface area contributed by atoms with Gasteiger partial charge in [-0.2, -0.15) is 5.10 Å². The van der Waals surface area contributed by atoms with Gasteiger partial charge in [0.1, 0.15) is 11.5 Å². The molecule has 0 aliphatic carbocycles. The Hall–Kier alpha value is -2.37. The molecule has 0 spiro atoms. The Morgan fingerprint density at radius 2 is 2.22 bits per heavy atom. The van der Waals surface area contributed by atoms with E-state index in [0.717, 1.165) is 12.2 Å². The minimum Gasteiger partial charge on any atom is -0.385 e. The molecule has 0 aromatic carbocycles. The van der Waals surface area contributed by atoms with Gasteiger partial charge in [-0.05, 0) is 19.1 Å². The van der Waals surface area contributed by atoms with E-state index in [9.17, 15) is 4.79 Å². The average Bonchev–Trinajstić information content (AvgIpc) is 2.76. The number of anilines is 2. The monoisotopic (exact) mass is 245 g/mol. The number of hydrogen-bond acceptors (Lipinski definition) is 4. The van der Waals surface area contributed by atoms with E-state index in [1.165, 1.54) is 0 Å². The van der Waals surface area contributed by atoms with Gasteiger partial charge in [0, 0.05) is 31.5 Å². The minimum absolute atomic E-state index is 0.252. The van der Waals surface area contributed by atoms with Crippen LogP contribution in [-0.2, 0) is 7.05 Å². The molecule has 2 rings (SSSR count). The van der Waals surface area contributed by atoms with Crippen molar-refractivity contribution in [3.8, 4) is 0 Å². The zero-order chi connectivity index (χ0) is 13.0. The fourth-order valence-corrected chi connectivity index (χ4v) is 1.55. The van der Waals surface area contributed by atoms with Crippen LogP contribution < -0.4 is 10.6 Å². The lowest BCUT2D eigenvalue weighted by molar-refractivity contribution is 0.102. The zero-order valence-corrected chi connectivity index (χ0v) is 10.3. The smallest absolute Gasteiger partial charge is 0.275 e. The van der Waals surface area contributed by atoms with Crippen molar-refractivity contribution in [3.05, 3.63) is 36.3 Å². The molecule has 0 fully saturated rings. The number of carbonyl (C=O) groups excluding carboxylic acids is 1. The van der Waals surface area contributed by atoms with Crippen molar-refractivity contribution in [2.24, 2.45) is 7.05 Å². The van der Waals surface area contributed by atoms with Gasteiger partial charge in [0.25, 0.3) is 5.91 Å². The molecular weight excluding hydrogens is 230 g/mol. The van der Waals surface area contributed by atoms with E-state index in [-0.39, 0.29) is 5.91 Å². The van der Waals surface area contributed by atoms with Crippen LogP contribution in [0.1, 0.15) is 17.4 Å². The summed E-state index contributed by atoms with van der Waals surface area (Å²) in [4.78, 5) is 16.0. The number of amides is 1. The van der Waals surface area contributed by atoms with Crippen molar-refractivity contribution in [3.63, 3.8) is 0 Å². The molecule has 0 saturated carbocycles. The summed E-state index contributed by atoms with van der Waals surface area (Å²) >= 11 is 0. The van der Waals surface area contributed by atoms with Crippen molar-refractivity contribution < 1.29 is 4.79 Å². The second kappa shape index (κ2) is 5.31. The van der Waals surface area contributed by atoms with Gasteiger partial charge in [-0.3, -0.25) is 14.5 Å². The van der Waals surface area contributed by atoms with Gasteiger partial charge in [-0.25, -0.2) is 0 Å². The van der Waals surface area contributed by atoms with E-state index in [1.54, 1.807) is 36.3 Å². The Balaban J connectivity index is 2.14. The molecule has 6 heteroatoms. The van der Waals surface area contributed by atoms with E-state index in [2.05, 4.69) is 20.7 Å². The molecule has 0 saturated heterocycles. The average molecular weight is 245 g/mol. The van der Waals surface area contributed by atoms with Crippen molar-refractivity contribution in [2.75, 3.05) is 17.2 Å². The Morgan fingerprint density at radius 1 is 1.39 bits per heavy atom. The summed E-state index contributed by atoms with van der Waals surface area (Å²) in [6, 6.07) is 5.27. The SMILES string of the molecule is CCNc1ccnc(C(=O)Nc2ccnn2C)c1. The van der Waals surface area contributed by atoms with E-state index in [4.69, 9.17) is 0 Å². The van der Waals surface area contributed by atoms with Gasteiger partial charge in [-0.15, -0.1) is 0 Å². The summed E-state index contributed by atoms with van der Waals surface area (Å²) in [6.07, 6.45) is 3.23. The maximum Gasteiger partial charge on any atom is 0.275 e. The van der Waals surface area contributed by atoms with Crippen LogP contribution in [0.3, 0.4) is 0 Å². The lowest BCUT2D eigenvalue weighted by Gasteiger charge is -2.07. The first-order valence-corrected chi connectivity index (χ1v) is 5.70. The number of hydrogen-bond donors (Lipinski definition) is 2. The molecule has 0 aliphatic heterocycles. The van der Waals surface area contributed by atoms with Crippen molar-refractivity contribution >= 4 is 17.4 Å². The maximum absolute atomic E-state index is 12.0. The zero-order valence-electron chi connectivity index (χ0n) is 10.3. The molecule has 0 unspecified atom stereocenters. The van der Waals surface area contributed by atoms with E-state index in [1.807, 2.05) is 13.0 Å². The predicted molar refractivity (Wildman–Crippen MR) is 69.6 cm³/mol. The molecule has 0 atom stereocenters. The van der Waals surface area contributed by atoms with Gasteiger partial charge >= 0.3 is 0 Å². The molecule has 2 heterocycles. The molecule has 0 bridgehead atoms. The van der Waals surface area contributed by atoms with Crippen molar-refractivity contribution in [1.82, 2.24) is 14.8 Å². The quantitative estimate of drug-likeness (QED) is 0.856. The lowest BCUT2D eigenvalue weighted by Crippen LogP contribution is -2.16. The third-order valence-electron chi connectivity index (χ3n) is 2.44. The number of aryl methyl sites for hydroxylation is 1. The normalized spacial score (nSPS) is 10.1. The van der Waals surface area contributed by atoms with E-state index < -0.39 is 0 Å². The van der Waals surface area contributed by atoms with Crippen LogP contribution in [0, 0.1) is 0 Å². The summed E-state index contributed by atoms with van der Waals surface area (Å²) in [6.45, 7) is 2.79. The summed E-state index contributed by atoms with van der Waals surface area (Å²) in [5.41, 5.74) is 1.25. The van der Waals surface area contributed by atoms with Crippen LogP contribution in [0.4, 0.5) is 11.5 Å². The highest BCUT2D eigenvalue weighted by atomic mass is 16.2. The van der Waals surface area contributed by atoms with Gasteiger partial charge in [0.15, 0.2) is 0 Å². The second-order valence-electron chi connectivity index (χ2n) is 3.75. The molecule has 2 aromatic heterocycles. The van der Waals surface area contributed by atoms with Crippen molar-refractivity contribution in [1.29, 1.82) is 0 Å². The third kappa shape index (κ3) is 2.65. The second-order valence-corrected chi connectivity index (χ2v) is 3.75. The highest BCUT2D eigenvalue weighted by Gasteiger charge is 2.09. The van der Waals surface area contributed by atoms with Gasteiger partial charge in [0.2, 0.25) is 0 Å². The Labute approximate surface area is 105 Å². The Kier molecular flexibility index (Phi) is 3.57. The number of carbonyl (C=O) groups is 1. The van der Waals surface area contributed by atoms with Gasteiger partial charge in [0.05, 0.1) is 6.20 Å². The lowest BCUT2D eigenvalue weighted by atomic mass is 10.3. The number of aromatic nitrogens is 3. The van der Waals surface area contributed by atoms with Crippen LogP contribution in [-0.4, -0.2) is 27.2 Å². The van der Waals surface area contributed by atoms with Crippen molar-refractivity contribution in [2.45, 2.75) is 6.92 Å². The fraction of sp³-hybridized carbons (Fsp3) is 0.250. The summed E-state index contributed by atoms with van der Waals surface area (Å²) in [7, 11) is 1.76. The number of nitrogens with one attached hydrogen (secondary N) is 2. The van der Waals surface area contributed by atoms with Crippen LogP contribution in [0.5, 0.6) is 0 Å². The largest absolute Gasteiger partial charge is 0.385 e. The van der Waals surface area contributed by atoms with E-state index in [0.29, 0.717) is 11.5 Å². The van der Waals surface area contributed by atoms with Gasteiger partial charge < -0.3 is 10.6 Å². The molecule has 94 valence electrons. The molecular formula is C12H15N5O. The van der Waals surface area contributed by atoms with Crippen LogP contribution in [0.2, 0.25) is 0 Å².